The second-order valence-electron chi connectivity index (χ2n) is 5.64. The van der Waals surface area contributed by atoms with Crippen LogP contribution in [0.25, 0.3) is 0 Å². The molecule has 1 N–H and O–H groups in total. The van der Waals surface area contributed by atoms with Crippen LogP contribution in [-0.2, 0) is 11.3 Å². The van der Waals surface area contributed by atoms with Crippen LogP contribution in [-0.4, -0.2) is 30.8 Å². The fraction of sp³-hybridized carbons (Fsp3) is 0.667. The first-order valence-corrected chi connectivity index (χ1v) is 6.91. The molecule has 1 aromatic heterocycles. The molecule has 106 valence electrons. The van der Waals surface area contributed by atoms with Crippen molar-refractivity contribution < 1.29 is 9.47 Å². The molecule has 0 radical (unpaired) electrons. The van der Waals surface area contributed by atoms with Gasteiger partial charge in [-0.2, -0.15) is 0 Å². The summed E-state index contributed by atoms with van der Waals surface area (Å²) in [6.07, 6.45) is 3.25. The van der Waals surface area contributed by atoms with Crippen molar-refractivity contribution in [1.82, 2.24) is 10.3 Å². The van der Waals surface area contributed by atoms with Gasteiger partial charge in [0.25, 0.3) is 0 Å². The minimum Gasteiger partial charge on any atom is -0.481 e. The number of nitrogens with one attached hydrogen (secondary N) is 1. The number of pyridine rings is 1. The van der Waals surface area contributed by atoms with E-state index < -0.39 is 0 Å². The summed E-state index contributed by atoms with van der Waals surface area (Å²) in [6.45, 7) is 8.22. The summed E-state index contributed by atoms with van der Waals surface area (Å²) in [6, 6.07) is 4.49. The number of ether oxygens (including phenoxy) is 2. The van der Waals surface area contributed by atoms with Gasteiger partial charge in [0.2, 0.25) is 5.88 Å². The van der Waals surface area contributed by atoms with Crippen molar-refractivity contribution in [3.05, 3.63) is 23.9 Å². The molecule has 2 atom stereocenters. The summed E-state index contributed by atoms with van der Waals surface area (Å²) < 4.78 is 10.9. The van der Waals surface area contributed by atoms with Crippen molar-refractivity contribution >= 4 is 0 Å². The van der Waals surface area contributed by atoms with Gasteiger partial charge in [0, 0.05) is 36.9 Å². The van der Waals surface area contributed by atoms with E-state index in [2.05, 4.69) is 31.1 Å². The highest BCUT2D eigenvalue weighted by molar-refractivity contribution is 5.20. The zero-order valence-corrected chi connectivity index (χ0v) is 12.3. The molecule has 0 bridgehead atoms. The maximum Gasteiger partial charge on any atom is 0.213 e. The summed E-state index contributed by atoms with van der Waals surface area (Å²) in [5.41, 5.74) is 1.40. The van der Waals surface area contributed by atoms with Gasteiger partial charge in [0.1, 0.15) is 0 Å². The molecule has 0 aliphatic heterocycles. The fourth-order valence-corrected chi connectivity index (χ4v) is 2.63. The summed E-state index contributed by atoms with van der Waals surface area (Å²) in [5, 5.41) is 3.60. The number of nitrogens with zero attached hydrogens (tertiary/aromatic N) is 1. The molecule has 19 heavy (non-hydrogen) atoms. The van der Waals surface area contributed by atoms with E-state index >= 15 is 0 Å². The second-order valence-corrected chi connectivity index (χ2v) is 5.64. The lowest BCUT2D eigenvalue weighted by Crippen LogP contribution is -2.60. The highest BCUT2D eigenvalue weighted by Gasteiger charge is 2.48. The zero-order valence-electron chi connectivity index (χ0n) is 12.3. The Hall–Kier alpha value is -1.13. The van der Waals surface area contributed by atoms with Gasteiger partial charge in [-0.25, -0.2) is 4.98 Å². The Morgan fingerprint density at radius 2 is 2.26 bits per heavy atom. The molecule has 0 amide bonds. The van der Waals surface area contributed by atoms with Crippen molar-refractivity contribution in [1.29, 1.82) is 0 Å². The highest BCUT2D eigenvalue weighted by atomic mass is 16.5. The smallest absolute Gasteiger partial charge is 0.213 e. The van der Waals surface area contributed by atoms with E-state index in [-0.39, 0.29) is 5.41 Å². The normalized spacial score (nSPS) is 24.8. The van der Waals surface area contributed by atoms with Crippen molar-refractivity contribution in [2.45, 2.75) is 45.9 Å². The Morgan fingerprint density at radius 3 is 2.89 bits per heavy atom. The first kappa shape index (κ1) is 14.3. The van der Waals surface area contributed by atoms with Crippen LogP contribution < -0.4 is 10.1 Å². The molecule has 0 aromatic carbocycles. The topological polar surface area (TPSA) is 43.4 Å². The SMILES string of the molecule is CCOC1CC(NCc2ccnc(OC)c2)C1(C)C. The van der Waals surface area contributed by atoms with Gasteiger partial charge in [-0.05, 0) is 25.0 Å². The third-order valence-electron chi connectivity index (χ3n) is 4.11. The van der Waals surface area contributed by atoms with Gasteiger partial charge < -0.3 is 14.8 Å². The Labute approximate surface area is 115 Å². The Morgan fingerprint density at radius 1 is 1.47 bits per heavy atom. The van der Waals surface area contributed by atoms with E-state index in [0.29, 0.717) is 18.0 Å². The molecule has 0 saturated heterocycles. The van der Waals surface area contributed by atoms with E-state index in [1.807, 2.05) is 12.1 Å². The van der Waals surface area contributed by atoms with Crippen LogP contribution in [0.4, 0.5) is 0 Å². The molecule has 4 nitrogen and oxygen atoms in total. The fourth-order valence-electron chi connectivity index (χ4n) is 2.63. The monoisotopic (exact) mass is 264 g/mol. The van der Waals surface area contributed by atoms with Crippen LogP contribution in [0.3, 0.4) is 0 Å². The maximum atomic E-state index is 5.74. The lowest BCUT2D eigenvalue weighted by molar-refractivity contribution is -0.114. The largest absolute Gasteiger partial charge is 0.481 e. The van der Waals surface area contributed by atoms with Crippen LogP contribution in [0.15, 0.2) is 18.3 Å². The molecule has 1 aromatic rings. The minimum atomic E-state index is 0.202. The van der Waals surface area contributed by atoms with Gasteiger partial charge in [0.15, 0.2) is 0 Å². The van der Waals surface area contributed by atoms with Gasteiger partial charge in [-0.1, -0.05) is 13.8 Å². The number of methoxy groups -OCH3 is 1. The number of rotatable bonds is 6. The molecule has 4 heteroatoms. The lowest BCUT2D eigenvalue weighted by atomic mass is 9.64. The van der Waals surface area contributed by atoms with Crippen molar-refractivity contribution in [3.63, 3.8) is 0 Å². The van der Waals surface area contributed by atoms with E-state index in [0.717, 1.165) is 19.6 Å². The summed E-state index contributed by atoms with van der Waals surface area (Å²) in [4.78, 5) is 4.11. The van der Waals surface area contributed by atoms with Crippen molar-refractivity contribution in [2.24, 2.45) is 5.41 Å². The van der Waals surface area contributed by atoms with Gasteiger partial charge in [-0.3, -0.25) is 0 Å². The molecule has 1 heterocycles. The summed E-state index contributed by atoms with van der Waals surface area (Å²) in [7, 11) is 1.64. The molecule has 1 aliphatic carbocycles. The van der Waals surface area contributed by atoms with Gasteiger partial charge >= 0.3 is 0 Å². The van der Waals surface area contributed by atoms with Crippen molar-refractivity contribution in [3.8, 4) is 5.88 Å². The Balaban J connectivity index is 1.86. The number of aromatic nitrogens is 1. The summed E-state index contributed by atoms with van der Waals surface area (Å²) >= 11 is 0. The van der Waals surface area contributed by atoms with Crippen LogP contribution in [0.1, 0.15) is 32.8 Å². The molecule has 1 fully saturated rings. The quantitative estimate of drug-likeness (QED) is 0.856. The van der Waals surface area contributed by atoms with Crippen LogP contribution >= 0.6 is 0 Å². The third kappa shape index (κ3) is 3.07. The molecule has 2 unspecified atom stereocenters. The van der Waals surface area contributed by atoms with E-state index in [1.165, 1.54) is 5.56 Å². The number of hydrogen-bond donors (Lipinski definition) is 1. The second kappa shape index (κ2) is 5.88. The molecular weight excluding hydrogens is 240 g/mol. The van der Waals surface area contributed by atoms with Gasteiger partial charge in [0.05, 0.1) is 13.2 Å². The predicted molar refractivity (Wildman–Crippen MR) is 75.2 cm³/mol. The Kier molecular flexibility index (Phi) is 4.42. The predicted octanol–water partition coefficient (Wildman–Crippen LogP) is 2.38. The molecular formula is C15H24N2O2. The first-order valence-electron chi connectivity index (χ1n) is 6.91. The third-order valence-corrected chi connectivity index (χ3v) is 4.11. The first-order chi connectivity index (χ1) is 9.07. The van der Waals surface area contributed by atoms with Crippen LogP contribution in [0.2, 0.25) is 0 Å². The molecule has 0 spiro atoms. The minimum absolute atomic E-state index is 0.202. The van der Waals surface area contributed by atoms with E-state index in [9.17, 15) is 0 Å². The highest BCUT2D eigenvalue weighted by Crippen LogP contribution is 2.42. The Bertz CT molecular complexity index is 420. The zero-order chi connectivity index (χ0) is 13.9. The maximum absolute atomic E-state index is 5.74. The molecule has 2 rings (SSSR count). The van der Waals surface area contributed by atoms with Gasteiger partial charge in [-0.15, -0.1) is 0 Å². The van der Waals surface area contributed by atoms with Crippen LogP contribution in [0, 0.1) is 5.41 Å². The van der Waals surface area contributed by atoms with E-state index in [1.54, 1.807) is 13.3 Å². The molecule has 1 saturated carbocycles. The van der Waals surface area contributed by atoms with Crippen LogP contribution in [0.5, 0.6) is 5.88 Å². The average Bonchev–Trinajstić information content (AvgIpc) is 2.42. The summed E-state index contributed by atoms with van der Waals surface area (Å²) in [5.74, 6) is 0.666. The average molecular weight is 264 g/mol. The lowest BCUT2D eigenvalue weighted by Gasteiger charge is -2.52. The number of hydrogen-bond acceptors (Lipinski definition) is 4. The standard InChI is InChI=1S/C15H24N2O2/c1-5-19-13-9-12(15(13,2)3)17-10-11-6-7-16-14(8-11)18-4/h6-8,12-13,17H,5,9-10H2,1-4H3. The molecule has 1 aliphatic rings. The van der Waals surface area contributed by atoms with E-state index in [4.69, 9.17) is 9.47 Å². The van der Waals surface area contributed by atoms with Crippen molar-refractivity contribution in [2.75, 3.05) is 13.7 Å².